The molecular formula is C20H19N3O. The Labute approximate surface area is 140 Å². The van der Waals surface area contributed by atoms with Crippen LogP contribution in [0.5, 0.6) is 5.75 Å². The molecule has 4 rings (SSSR count). The van der Waals surface area contributed by atoms with Crippen molar-refractivity contribution < 1.29 is 4.74 Å². The van der Waals surface area contributed by atoms with Crippen molar-refractivity contribution in [3.63, 3.8) is 0 Å². The highest BCUT2D eigenvalue weighted by atomic mass is 16.5. The lowest BCUT2D eigenvalue weighted by molar-refractivity contribution is 0.414. The third-order valence-corrected chi connectivity index (χ3v) is 4.48. The molecule has 0 bridgehead atoms. The number of hydrogen-bond acceptors (Lipinski definition) is 2. The summed E-state index contributed by atoms with van der Waals surface area (Å²) in [6.45, 7) is 0. The first-order valence-corrected chi connectivity index (χ1v) is 7.93. The first kappa shape index (κ1) is 14.6. The molecule has 0 amide bonds. The molecule has 0 aliphatic carbocycles. The van der Waals surface area contributed by atoms with Gasteiger partial charge in [0.05, 0.1) is 19.5 Å². The molecule has 1 atom stereocenters. The SMILES string of the molecule is COc1ccc(C(c2cn(C)c3ccccc23)n2ccnc2)cc1. The fourth-order valence-corrected chi connectivity index (χ4v) is 3.31. The molecule has 0 N–H and O–H groups in total. The molecule has 0 fully saturated rings. The number of hydrogen-bond donors (Lipinski definition) is 0. The second kappa shape index (κ2) is 5.89. The van der Waals surface area contributed by atoms with E-state index in [1.807, 2.05) is 30.9 Å². The number of aromatic nitrogens is 3. The molecule has 1 unspecified atom stereocenters. The van der Waals surface area contributed by atoms with Crippen molar-refractivity contribution in [3.05, 3.63) is 84.6 Å². The molecule has 24 heavy (non-hydrogen) atoms. The van der Waals surface area contributed by atoms with E-state index in [-0.39, 0.29) is 6.04 Å². The third-order valence-electron chi connectivity index (χ3n) is 4.48. The van der Waals surface area contributed by atoms with E-state index in [0.29, 0.717) is 0 Å². The number of nitrogens with zero attached hydrogens (tertiary/aromatic N) is 3. The number of rotatable bonds is 4. The number of para-hydroxylation sites is 1. The van der Waals surface area contributed by atoms with Crippen LogP contribution in [0, 0.1) is 0 Å². The van der Waals surface area contributed by atoms with Crippen LogP contribution in [0.4, 0.5) is 0 Å². The lowest BCUT2D eigenvalue weighted by Gasteiger charge is -2.19. The van der Waals surface area contributed by atoms with Crippen molar-refractivity contribution in [2.45, 2.75) is 6.04 Å². The number of methoxy groups -OCH3 is 1. The van der Waals surface area contributed by atoms with Gasteiger partial charge in [0.1, 0.15) is 5.75 Å². The van der Waals surface area contributed by atoms with Gasteiger partial charge in [-0.2, -0.15) is 0 Å². The molecule has 0 saturated heterocycles. The number of imidazole rings is 1. The summed E-state index contributed by atoms with van der Waals surface area (Å²) < 4.78 is 9.62. The monoisotopic (exact) mass is 317 g/mol. The lowest BCUT2D eigenvalue weighted by Crippen LogP contribution is -2.10. The van der Waals surface area contributed by atoms with Crippen molar-refractivity contribution >= 4 is 10.9 Å². The first-order chi connectivity index (χ1) is 11.8. The Morgan fingerprint density at radius 2 is 1.83 bits per heavy atom. The summed E-state index contributed by atoms with van der Waals surface area (Å²) in [5.74, 6) is 0.862. The molecule has 4 aromatic rings. The summed E-state index contributed by atoms with van der Waals surface area (Å²) in [6, 6.07) is 16.8. The normalized spacial score (nSPS) is 12.4. The highest BCUT2D eigenvalue weighted by Gasteiger charge is 2.20. The van der Waals surface area contributed by atoms with E-state index in [9.17, 15) is 0 Å². The van der Waals surface area contributed by atoms with Gasteiger partial charge < -0.3 is 13.9 Å². The van der Waals surface area contributed by atoms with E-state index >= 15 is 0 Å². The van der Waals surface area contributed by atoms with E-state index in [0.717, 1.165) is 5.75 Å². The van der Waals surface area contributed by atoms with Crippen molar-refractivity contribution in [2.24, 2.45) is 7.05 Å². The lowest BCUT2D eigenvalue weighted by atomic mass is 9.98. The second-order valence-corrected chi connectivity index (χ2v) is 5.90. The van der Waals surface area contributed by atoms with Gasteiger partial charge in [-0.15, -0.1) is 0 Å². The summed E-state index contributed by atoms with van der Waals surface area (Å²) in [5, 5.41) is 1.26. The van der Waals surface area contributed by atoms with Gasteiger partial charge in [0.15, 0.2) is 0 Å². The maximum absolute atomic E-state index is 5.30. The van der Waals surface area contributed by atoms with Crippen molar-refractivity contribution in [1.29, 1.82) is 0 Å². The fourth-order valence-electron chi connectivity index (χ4n) is 3.31. The van der Waals surface area contributed by atoms with E-state index in [1.165, 1.54) is 22.0 Å². The van der Waals surface area contributed by atoms with Gasteiger partial charge in [-0.05, 0) is 23.8 Å². The summed E-state index contributed by atoms with van der Waals surface area (Å²) >= 11 is 0. The number of aryl methyl sites for hydroxylation is 1. The van der Waals surface area contributed by atoms with Crippen molar-refractivity contribution in [3.8, 4) is 5.75 Å². The predicted molar refractivity (Wildman–Crippen MR) is 95.4 cm³/mol. The van der Waals surface area contributed by atoms with E-state index in [4.69, 9.17) is 4.74 Å². The van der Waals surface area contributed by atoms with E-state index < -0.39 is 0 Å². The minimum atomic E-state index is 0.0736. The summed E-state index contributed by atoms with van der Waals surface area (Å²) in [4.78, 5) is 4.25. The minimum absolute atomic E-state index is 0.0736. The van der Waals surface area contributed by atoms with Crippen LogP contribution >= 0.6 is 0 Å². The molecule has 0 aliphatic rings. The summed E-state index contributed by atoms with van der Waals surface area (Å²) in [5.41, 5.74) is 3.69. The Morgan fingerprint density at radius 1 is 1.04 bits per heavy atom. The average Bonchev–Trinajstić information content (AvgIpc) is 3.26. The number of benzene rings is 2. The first-order valence-electron chi connectivity index (χ1n) is 7.93. The number of fused-ring (bicyclic) bond motifs is 1. The quantitative estimate of drug-likeness (QED) is 0.569. The molecule has 2 aromatic carbocycles. The standard InChI is InChI=1S/C20H19N3O/c1-22-13-18(17-5-3-4-6-19(17)22)20(23-12-11-21-14-23)15-7-9-16(24-2)10-8-15/h3-14,20H,1-2H3. The Kier molecular flexibility index (Phi) is 3.58. The van der Waals surface area contributed by atoms with Gasteiger partial charge in [0.25, 0.3) is 0 Å². The Bertz CT molecular complexity index is 952. The van der Waals surface area contributed by atoms with Crippen LogP contribution in [0.25, 0.3) is 10.9 Å². The zero-order chi connectivity index (χ0) is 16.5. The zero-order valence-electron chi connectivity index (χ0n) is 13.8. The van der Waals surface area contributed by atoms with Crippen LogP contribution in [0.15, 0.2) is 73.4 Å². The molecular weight excluding hydrogens is 298 g/mol. The van der Waals surface area contributed by atoms with Gasteiger partial charge in [-0.3, -0.25) is 0 Å². The zero-order valence-corrected chi connectivity index (χ0v) is 13.8. The van der Waals surface area contributed by atoms with Gasteiger partial charge >= 0.3 is 0 Å². The molecule has 4 nitrogen and oxygen atoms in total. The van der Waals surface area contributed by atoms with Gasteiger partial charge in [-0.1, -0.05) is 30.3 Å². The Hall–Kier alpha value is -3.01. The maximum atomic E-state index is 5.30. The largest absolute Gasteiger partial charge is 0.497 e. The van der Waals surface area contributed by atoms with E-state index in [1.54, 1.807) is 7.11 Å². The second-order valence-electron chi connectivity index (χ2n) is 5.90. The molecule has 2 heterocycles. The highest BCUT2D eigenvalue weighted by molar-refractivity contribution is 5.85. The Balaban J connectivity index is 1.92. The Morgan fingerprint density at radius 3 is 2.54 bits per heavy atom. The van der Waals surface area contributed by atoms with Crippen LogP contribution in [-0.4, -0.2) is 21.2 Å². The van der Waals surface area contributed by atoms with Crippen LogP contribution in [0.1, 0.15) is 17.2 Å². The smallest absolute Gasteiger partial charge is 0.118 e. The average molecular weight is 317 g/mol. The molecule has 0 aliphatic heterocycles. The molecule has 0 radical (unpaired) electrons. The third kappa shape index (κ3) is 2.36. The summed E-state index contributed by atoms with van der Waals surface area (Å²) in [6.07, 6.45) is 7.91. The fraction of sp³-hybridized carbons (Fsp3) is 0.150. The van der Waals surface area contributed by atoms with Crippen LogP contribution in [0.3, 0.4) is 0 Å². The number of ether oxygens (including phenoxy) is 1. The van der Waals surface area contributed by atoms with Crippen molar-refractivity contribution in [2.75, 3.05) is 7.11 Å². The van der Waals surface area contributed by atoms with Gasteiger partial charge in [0.2, 0.25) is 0 Å². The van der Waals surface area contributed by atoms with Crippen molar-refractivity contribution in [1.82, 2.24) is 14.1 Å². The van der Waals surface area contributed by atoms with Crippen LogP contribution < -0.4 is 4.74 Å². The van der Waals surface area contributed by atoms with Crippen LogP contribution in [0.2, 0.25) is 0 Å². The summed E-state index contributed by atoms with van der Waals surface area (Å²) in [7, 11) is 3.78. The molecule has 0 spiro atoms. The molecule has 4 heteroatoms. The van der Waals surface area contributed by atoms with E-state index in [2.05, 4.69) is 63.8 Å². The highest BCUT2D eigenvalue weighted by Crippen LogP contribution is 2.33. The maximum Gasteiger partial charge on any atom is 0.118 e. The van der Waals surface area contributed by atoms with Gasteiger partial charge in [-0.25, -0.2) is 4.98 Å². The van der Waals surface area contributed by atoms with Crippen LogP contribution in [-0.2, 0) is 7.05 Å². The molecule has 0 saturated carbocycles. The molecule has 120 valence electrons. The minimum Gasteiger partial charge on any atom is -0.497 e. The molecule has 2 aromatic heterocycles. The van der Waals surface area contributed by atoms with Gasteiger partial charge in [0, 0.05) is 42.1 Å². The topological polar surface area (TPSA) is 32.0 Å². The predicted octanol–water partition coefficient (Wildman–Crippen LogP) is 4.02.